The monoisotopic (exact) mass is 621 g/mol. The molecule has 0 saturated heterocycles. The van der Waals surface area contributed by atoms with Gasteiger partial charge < -0.3 is 14.4 Å². The number of allylic oxidation sites excluding steroid dienone is 3. The quantitative estimate of drug-likeness (QED) is 0.140. The van der Waals surface area contributed by atoms with E-state index in [0.29, 0.717) is 11.3 Å². The lowest BCUT2D eigenvalue weighted by molar-refractivity contribution is -0.519. The van der Waals surface area contributed by atoms with Gasteiger partial charge in [0.25, 0.3) is 0 Å². The molecule has 2 aromatic carbocycles. The molecule has 2 aliphatic rings. The second-order valence-corrected chi connectivity index (χ2v) is 14.2. The van der Waals surface area contributed by atoms with Crippen LogP contribution in [0.5, 0.6) is 5.75 Å². The second kappa shape index (κ2) is 14.1. The molecule has 0 bridgehead atoms. The number of ether oxygens (including phenoxy) is 2. The molecule has 2 unspecified atom stereocenters. The average Bonchev–Trinajstić information content (AvgIpc) is 3.02. The summed E-state index contributed by atoms with van der Waals surface area (Å²) in [6, 6.07) is 13.6. The summed E-state index contributed by atoms with van der Waals surface area (Å²) in [6.07, 6.45) is 7.29. The van der Waals surface area contributed by atoms with Gasteiger partial charge in [-0.2, -0.15) is 0 Å². The number of hydrogen-bond donors (Lipinski definition) is 0. The number of esters is 1. The molecule has 0 fully saturated rings. The van der Waals surface area contributed by atoms with Gasteiger partial charge in [0.05, 0.1) is 22.7 Å². The molecular formula is C36H49N2O5S+. The summed E-state index contributed by atoms with van der Waals surface area (Å²) in [5, 5.41) is 0. The zero-order valence-electron chi connectivity index (χ0n) is 27.4. The molecule has 0 radical (unpaired) electrons. The Bertz CT molecular complexity index is 1540. The van der Waals surface area contributed by atoms with Gasteiger partial charge >= 0.3 is 5.97 Å². The van der Waals surface area contributed by atoms with Gasteiger partial charge in [0, 0.05) is 54.4 Å². The highest BCUT2D eigenvalue weighted by molar-refractivity contribution is 7.91. The number of nitrogens with zero attached hydrogens (tertiary/aromatic N) is 2. The van der Waals surface area contributed by atoms with Crippen molar-refractivity contribution in [3.63, 3.8) is 0 Å². The number of carbonyl (C=O) groups is 1. The van der Waals surface area contributed by atoms with Crippen molar-refractivity contribution < 1.29 is 27.3 Å². The number of hydrogen-bond acceptors (Lipinski definition) is 6. The summed E-state index contributed by atoms with van der Waals surface area (Å²) in [4.78, 5) is 15.0. The van der Waals surface area contributed by atoms with Crippen molar-refractivity contribution >= 4 is 27.2 Å². The van der Waals surface area contributed by atoms with Crippen LogP contribution in [0.15, 0.2) is 71.3 Å². The van der Waals surface area contributed by atoms with Crippen molar-refractivity contribution in [1.82, 2.24) is 0 Å². The van der Waals surface area contributed by atoms with Crippen LogP contribution in [0.1, 0.15) is 78.4 Å². The molecule has 7 nitrogen and oxygen atoms in total. The molecule has 44 heavy (non-hydrogen) atoms. The number of benzene rings is 2. The van der Waals surface area contributed by atoms with Crippen LogP contribution < -0.4 is 9.64 Å². The largest absolute Gasteiger partial charge is 0.465 e. The molecule has 0 amide bonds. The summed E-state index contributed by atoms with van der Waals surface area (Å²) in [6.45, 7) is 17.7. The summed E-state index contributed by atoms with van der Waals surface area (Å²) in [5.74, 6) is 0.762. The average molecular weight is 622 g/mol. The van der Waals surface area contributed by atoms with E-state index >= 15 is 0 Å². The molecule has 0 N–H and O–H groups in total. The van der Waals surface area contributed by atoms with Gasteiger partial charge in [-0.3, -0.25) is 4.79 Å². The van der Waals surface area contributed by atoms with Crippen molar-refractivity contribution in [1.29, 1.82) is 0 Å². The van der Waals surface area contributed by atoms with Gasteiger partial charge in [0.15, 0.2) is 9.84 Å². The fourth-order valence-electron chi connectivity index (χ4n) is 5.96. The van der Waals surface area contributed by atoms with E-state index < -0.39 is 15.3 Å². The van der Waals surface area contributed by atoms with Gasteiger partial charge in [-0.05, 0) is 72.1 Å². The molecule has 4 rings (SSSR count). The predicted molar refractivity (Wildman–Crippen MR) is 178 cm³/mol. The number of fused-ring (bicyclic) bond motifs is 2. The molecule has 1 aliphatic heterocycles. The summed E-state index contributed by atoms with van der Waals surface area (Å²) in [7, 11) is -3.68. The molecule has 2 atom stereocenters. The lowest BCUT2D eigenvalue weighted by Gasteiger charge is -2.36. The standard InChI is InChI=1S/C36H49N2O5S/c1-8-36(6,7)35(39)42-22-15-23-44(40,41)33-17-14-13-16-30(33)34-28-20-18-26(37(9-2)10-3)24-31(28)43-32-25-27(19-21-29(32)34)38(11-4)12-5/h13-14,16-21,24-25,28,34H,8-12,15,22-23H2,1-7H3/q+1. The fourth-order valence-corrected chi connectivity index (χ4v) is 7.52. The number of rotatable bonds is 13. The molecule has 8 heteroatoms. The summed E-state index contributed by atoms with van der Waals surface area (Å²) in [5.41, 5.74) is 3.30. The molecule has 0 spiro atoms. The third-order valence-electron chi connectivity index (χ3n) is 9.09. The number of sulfone groups is 1. The zero-order chi connectivity index (χ0) is 32.1. The molecule has 0 saturated carbocycles. The Hall–Kier alpha value is -3.39. The van der Waals surface area contributed by atoms with Crippen molar-refractivity contribution in [3.8, 4) is 5.75 Å². The lowest BCUT2D eigenvalue weighted by atomic mass is 9.75. The van der Waals surface area contributed by atoms with E-state index in [4.69, 9.17) is 9.47 Å². The van der Waals surface area contributed by atoms with Crippen LogP contribution in [0, 0.1) is 11.3 Å². The molecule has 1 aliphatic carbocycles. The molecular weight excluding hydrogens is 572 g/mol. The van der Waals surface area contributed by atoms with E-state index in [-0.39, 0.29) is 36.6 Å². The van der Waals surface area contributed by atoms with Crippen LogP contribution in [-0.4, -0.2) is 63.2 Å². The minimum atomic E-state index is -3.68. The maximum absolute atomic E-state index is 13.9. The first-order valence-electron chi connectivity index (χ1n) is 16.1. The second-order valence-electron chi connectivity index (χ2n) is 12.1. The van der Waals surface area contributed by atoms with Crippen molar-refractivity contribution in [2.45, 2.75) is 72.1 Å². The van der Waals surface area contributed by atoms with E-state index in [9.17, 15) is 13.2 Å². The number of anilines is 1. The van der Waals surface area contributed by atoms with Crippen LogP contribution in [0.2, 0.25) is 0 Å². The number of carbonyl (C=O) groups excluding carboxylic acids is 1. The van der Waals surface area contributed by atoms with Crippen LogP contribution in [0.25, 0.3) is 0 Å². The first-order chi connectivity index (χ1) is 21.0. The highest BCUT2D eigenvalue weighted by Gasteiger charge is 2.39. The third kappa shape index (κ3) is 6.96. The lowest BCUT2D eigenvalue weighted by Crippen LogP contribution is -2.30. The van der Waals surface area contributed by atoms with Gasteiger partial charge in [-0.25, -0.2) is 13.0 Å². The molecule has 238 valence electrons. The highest BCUT2D eigenvalue weighted by Crippen LogP contribution is 2.49. The minimum absolute atomic E-state index is 0.0696. The molecule has 1 heterocycles. The van der Waals surface area contributed by atoms with E-state index in [2.05, 4.69) is 73.6 Å². The third-order valence-corrected chi connectivity index (χ3v) is 11.0. The Labute approximate surface area is 264 Å². The van der Waals surface area contributed by atoms with Crippen LogP contribution in [0.3, 0.4) is 0 Å². The Morgan fingerprint density at radius 1 is 1.00 bits per heavy atom. The maximum atomic E-state index is 13.9. The normalized spacial score (nSPS) is 17.7. The predicted octanol–water partition coefficient (Wildman–Crippen LogP) is 6.76. The first kappa shape index (κ1) is 33.5. The van der Waals surface area contributed by atoms with Gasteiger partial charge in [0.2, 0.25) is 5.71 Å². The SMILES string of the molecule is CCN(CC)c1ccc2c(c1)OC1=CC(=[N+](CC)CC)C=CC1C2c1ccccc1S(=O)(=O)CCCOC(=O)C(C)(C)CC. The maximum Gasteiger partial charge on any atom is 0.311 e. The smallest absolute Gasteiger partial charge is 0.311 e. The van der Waals surface area contributed by atoms with Crippen LogP contribution in [-0.2, 0) is 19.4 Å². The zero-order valence-corrected chi connectivity index (χ0v) is 28.2. The topological polar surface area (TPSA) is 75.9 Å². The Balaban J connectivity index is 1.74. The van der Waals surface area contributed by atoms with Gasteiger partial charge in [0.1, 0.15) is 24.6 Å². The Morgan fingerprint density at radius 2 is 1.70 bits per heavy atom. The molecule has 0 aromatic heterocycles. The summed E-state index contributed by atoms with van der Waals surface area (Å²) >= 11 is 0. The van der Waals surface area contributed by atoms with Gasteiger partial charge in [-0.15, -0.1) is 0 Å². The van der Waals surface area contributed by atoms with E-state index in [0.717, 1.165) is 60.2 Å². The first-order valence-corrected chi connectivity index (χ1v) is 17.7. The van der Waals surface area contributed by atoms with Gasteiger partial charge in [-0.1, -0.05) is 37.3 Å². The Morgan fingerprint density at radius 3 is 2.36 bits per heavy atom. The summed E-state index contributed by atoms with van der Waals surface area (Å²) < 4.78 is 42.1. The van der Waals surface area contributed by atoms with E-state index in [1.165, 1.54) is 0 Å². The van der Waals surface area contributed by atoms with E-state index in [1.807, 2.05) is 32.9 Å². The Kier molecular flexibility index (Phi) is 10.8. The highest BCUT2D eigenvalue weighted by atomic mass is 32.2. The minimum Gasteiger partial charge on any atom is -0.465 e. The van der Waals surface area contributed by atoms with Crippen molar-refractivity contribution in [2.24, 2.45) is 11.3 Å². The van der Waals surface area contributed by atoms with Crippen molar-refractivity contribution in [3.05, 3.63) is 77.6 Å². The fraction of sp³-hybridized carbons (Fsp3) is 0.500. The van der Waals surface area contributed by atoms with E-state index in [1.54, 1.807) is 12.1 Å². The van der Waals surface area contributed by atoms with Crippen LogP contribution >= 0.6 is 0 Å². The van der Waals surface area contributed by atoms with Crippen LogP contribution in [0.4, 0.5) is 5.69 Å². The molecule has 2 aromatic rings. The van der Waals surface area contributed by atoms with Crippen molar-refractivity contribution in [2.75, 3.05) is 43.4 Å².